The summed E-state index contributed by atoms with van der Waals surface area (Å²) in [4.78, 5) is 11.9. The van der Waals surface area contributed by atoms with Crippen LogP contribution in [0.4, 0.5) is 8.78 Å². The summed E-state index contributed by atoms with van der Waals surface area (Å²) in [6.45, 7) is 0. The maximum Gasteiger partial charge on any atom is 0.249 e. The molecule has 0 bridgehead atoms. The number of aromatic nitrogens is 2. The summed E-state index contributed by atoms with van der Waals surface area (Å²) in [5.41, 5.74) is 9.12. The average molecular weight is 476 g/mol. The summed E-state index contributed by atoms with van der Waals surface area (Å²) >= 11 is 0. The van der Waals surface area contributed by atoms with Gasteiger partial charge in [-0.2, -0.15) is 5.10 Å². The van der Waals surface area contributed by atoms with Gasteiger partial charge in [-0.3, -0.25) is 4.79 Å². The Morgan fingerprint density at radius 1 is 1.14 bits per heavy atom. The van der Waals surface area contributed by atoms with Crippen molar-refractivity contribution in [1.29, 1.82) is 0 Å². The Morgan fingerprint density at radius 3 is 2.60 bits per heavy atom. The number of rotatable bonds is 6. The Kier molecular flexibility index (Phi) is 4.97. The molecular weight excluding hydrogens is 448 g/mol. The fraction of sp³-hybridized carbons (Fsp3) is 0.357. The topological polar surface area (TPSA) is 81.1 Å². The molecule has 1 aromatic heterocycles. The zero-order valence-corrected chi connectivity index (χ0v) is 19.3. The monoisotopic (exact) mass is 475 g/mol. The fourth-order valence-electron chi connectivity index (χ4n) is 6.55. The predicted molar refractivity (Wildman–Crippen MR) is 128 cm³/mol. The molecule has 3 N–H and O–H groups in total. The maximum atomic E-state index is 13.7. The molecule has 180 valence electrons. The van der Waals surface area contributed by atoms with E-state index in [9.17, 15) is 18.7 Å². The summed E-state index contributed by atoms with van der Waals surface area (Å²) < 4.78 is 29.0. The van der Waals surface area contributed by atoms with E-state index in [4.69, 9.17) is 5.73 Å². The van der Waals surface area contributed by atoms with Gasteiger partial charge in [-0.1, -0.05) is 11.6 Å². The Bertz CT molecular complexity index is 1360. The Balaban J connectivity index is 1.35. The molecule has 3 aliphatic rings. The van der Waals surface area contributed by atoms with Crippen molar-refractivity contribution in [1.82, 2.24) is 9.78 Å². The van der Waals surface area contributed by atoms with Crippen LogP contribution < -0.4 is 5.73 Å². The van der Waals surface area contributed by atoms with Gasteiger partial charge < -0.3 is 10.8 Å². The lowest BCUT2D eigenvalue weighted by Crippen LogP contribution is -2.49. The van der Waals surface area contributed by atoms with Gasteiger partial charge in [0.1, 0.15) is 11.6 Å². The number of fused-ring (bicyclic) bond motifs is 2. The molecule has 2 fully saturated rings. The highest BCUT2D eigenvalue weighted by atomic mass is 19.1. The van der Waals surface area contributed by atoms with E-state index in [1.807, 2.05) is 10.9 Å². The highest BCUT2D eigenvalue weighted by molar-refractivity contribution is 5.94. The van der Waals surface area contributed by atoms with Gasteiger partial charge in [0.2, 0.25) is 5.91 Å². The van der Waals surface area contributed by atoms with Crippen molar-refractivity contribution in [3.8, 4) is 5.69 Å². The van der Waals surface area contributed by atoms with Gasteiger partial charge in [0.05, 0.1) is 23.2 Å². The highest BCUT2D eigenvalue weighted by Gasteiger charge is 2.63. The van der Waals surface area contributed by atoms with Crippen molar-refractivity contribution in [2.75, 3.05) is 0 Å². The van der Waals surface area contributed by atoms with E-state index in [2.05, 4.69) is 11.2 Å². The SMILES string of the molecule is NC(=O)c1cc(F)ccc1CCC1(O)CCC2=Cc3c(cnn3-c3ccc(F)cc3)CC21C1CC1. The quantitative estimate of drug-likeness (QED) is 0.540. The van der Waals surface area contributed by atoms with Gasteiger partial charge in [-0.15, -0.1) is 0 Å². The van der Waals surface area contributed by atoms with Crippen molar-refractivity contribution >= 4 is 12.0 Å². The van der Waals surface area contributed by atoms with Crippen LogP contribution in [0.25, 0.3) is 11.8 Å². The summed E-state index contributed by atoms with van der Waals surface area (Å²) in [6, 6.07) is 10.4. The maximum absolute atomic E-state index is 13.7. The second kappa shape index (κ2) is 7.85. The Labute approximate surface area is 202 Å². The zero-order chi connectivity index (χ0) is 24.4. The molecule has 0 saturated heterocycles. The van der Waals surface area contributed by atoms with Crippen LogP contribution in [-0.4, -0.2) is 26.4 Å². The van der Waals surface area contributed by atoms with Crippen molar-refractivity contribution in [2.24, 2.45) is 17.1 Å². The number of hydrogen-bond donors (Lipinski definition) is 2. The molecule has 3 aromatic rings. The van der Waals surface area contributed by atoms with Crippen LogP contribution in [0.15, 0.2) is 54.2 Å². The molecule has 2 unspecified atom stereocenters. The minimum Gasteiger partial charge on any atom is -0.389 e. The molecule has 1 heterocycles. The second-order valence-corrected chi connectivity index (χ2v) is 10.2. The molecule has 2 atom stereocenters. The number of aliphatic hydroxyl groups is 1. The van der Waals surface area contributed by atoms with Crippen LogP contribution in [-0.2, 0) is 12.8 Å². The zero-order valence-electron chi connectivity index (χ0n) is 19.3. The van der Waals surface area contributed by atoms with E-state index in [0.717, 1.165) is 36.2 Å². The number of nitrogens with two attached hydrogens (primary N) is 1. The summed E-state index contributed by atoms with van der Waals surface area (Å²) in [6.07, 6.45) is 9.21. The molecule has 0 spiro atoms. The third-order valence-electron chi connectivity index (χ3n) is 8.37. The molecule has 0 aliphatic heterocycles. The van der Waals surface area contributed by atoms with Crippen LogP contribution >= 0.6 is 0 Å². The van der Waals surface area contributed by atoms with Crippen molar-refractivity contribution < 1.29 is 18.7 Å². The van der Waals surface area contributed by atoms with E-state index >= 15 is 0 Å². The van der Waals surface area contributed by atoms with E-state index in [1.54, 1.807) is 18.2 Å². The van der Waals surface area contributed by atoms with Crippen LogP contribution in [0, 0.1) is 23.0 Å². The molecule has 35 heavy (non-hydrogen) atoms. The van der Waals surface area contributed by atoms with Gasteiger partial charge in [-0.25, -0.2) is 13.5 Å². The minimum absolute atomic E-state index is 0.175. The predicted octanol–water partition coefficient (Wildman–Crippen LogP) is 4.74. The summed E-state index contributed by atoms with van der Waals surface area (Å²) in [5.74, 6) is -1.06. The van der Waals surface area contributed by atoms with Crippen LogP contribution in [0.3, 0.4) is 0 Å². The smallest absolute Gasteiger partial charge is 0.249 e. The van der Waals surface area contributed by atoms with Gasteiger partial charge >= 0.3 is 0 Å². The largest absolute Gasteiger partial charge is 0.389 e. The van der Waals surface area contributed by atoms with Crippen molar-refractivity contribution in [3.63, 3.8) is 0 Å². The third-order valence-corrected chi connectivity index (χ3v) is 8.37. The van der Waals surface area contributed by atoms with E-state index < -0.39 is 17.3 Å². The molecule has 2 saturated carbocycles. The fourth-order valence-corrected chi connectivity index (χ4v) is 6.55. The van der Waals surface area contributed by atoms with E-state index in [1.165, 1.54) is 29.8 Å². The first kappa shape index (κ1) is 22.2. The number of amides is 1. The minimum atomic E-state index is -0.945. The molecule has 5 nitrogen and oxygen atoms in total. The molecule has 6 rings (SSSR count). The number of hydrogen-bond acceptors (Lipinski definition) is 3. The first-order valence-electron chi connectivity index (χ1n) is 12.2. The number of halogens is 2. The Morgan fingerprint density at radius 2 is 1.89 bits per heavy atom. The summed E-state index contributed by atoms with van der Waals surface area (Å²) in [5, 5.41) is 16.8. The molecule has 2 aromatic carbocycles. The molecule has 3 aliphatic carbocycles. The van der Waals surface area contributed by atoms with Crippen molar-refractivity contribution in [3.05, 3.63) is 88.3 Å². The number of carbonyl (C=O) groups is 1. The summed E-state index contributed by atoms with van der Waals surface area (Å²) in [7, 11) is 0. The highest BCUT2D eigenvalue weighted by Crippen LogP contribution is 2.66. The molecule has 0 radical (unpaired) electrons. The second-order valence-electron chi connectivity index (χ2n) is 10.2. The van der Waals surface area contributed by atoms with Gasteiger partial charge in [0, 0.05) is 11.0 Å². The normalized spacial score (nSPS) is 25.2. The number of nitrogens with zero attached hydrogens (tertiary/aromatic N) is 2. The lowest BCUT2D eigenvalue weighted by atomic mass is 9.61. The lowest BCUT2D eigenvalue weighted by Gasteiger charge is -2.46. The van der Waals surface area contributed by atoms with E-state index in [0.29, 0.717) is 37.2 Å². The first-order valence-corrected chi connectivity index (χ1v) is 12.2. The van der Waals surface area contributed by atoms with Gasteiger partial charge in [0.15, 0.2) is 0 Å². The molecule has 1 amide bonds. The van der Waals surface area contributed by atoms with Crippen LogP contribution in [0.1, 0.15) is 59.3 Å². The number of benzene rings is 2. The lowest BCUT2D eigenvalue weighted by molar-refractivity contribution is -0.0661. The third kappa shape index (κ3) is 3.44. The number of aryl methyl sites for hydroxylation is 1. The molecular formula is C28H27F2N3O2. The Hall–Kier alpha value is -3.32. The van der Waals surface area contributed by atoms with Gasteiger partial charge in [0.25, 0.3) is 0 Å². The van der Waals surface area contributed by atoms with Crippen molar-refractivity contribution in [2.45, 2.75) is 50.5 Å². The van der Waals surface area contributed by atoms with E-state index in [-0.39, 0.29) is 16.8 Å². The van der Waals surface area contributed by atoms with Gasteiger partial charge in [-0.05, 0) is 104 Å². The van der Waals surface area contributed by atoms with Crippen LogP contribution in [0.2, 0.25) is 0 Å². The van der Waals surface area contributed by atoms with Crippen LogP contribution in [0.5, 0.6) is 0 Å². The molecule has 7 heteroatoms. The first-order chi connectivity index (χ1) is 16.8. The average Bonchev–Trinajstić information content (AvgIpc) is 3.56. The number of primary amides is 1. The number of carbonyl (C=O) groups excluding carboxylic acids is 1. The standard InChI is InChI=1S/C28H27F2N3O2/c29-21-5-7-23(8-6-21)33-25-13-20-10-12-27(35,28(20,19-2-3-19)15-18(25)16-32-33)11-9-17-1-4-22(30)14-24(17)26(31)34/h1,4-8,13-14,16,19,35H,2-3,9-12,15H2,(H2,31,34).